The molecular weight excluding hydrogens is 356 g/mol. The van der Waals surface area contributed by atoms with Gasteiger partial charge in [0.25, 0.3) is 5.56 Å². The molecule has 28 heavy (non-hydrogen) atoms. The van der Waals surface area contributed by atoms with E-state index in [9.17, 15) is 9.59 Å². The average molecular weight is 376 g/mol. The van der Waals surface area contributed by atoms with Gasteiger partial charge in [0.05, 0.1) is 12.6 Å². The number of nitrogens with zero attached hydrogens (tertiary/aromatic N) is 3. The van der Waals surface area contributed by atoms with E-state index in [0.717, 1.165) is 16.8 Å². The van der Waals surface area contributed by atoms with Crippen molar-refractivity contribution >= 4 is 22.6 Å². The van der Waals surface area contributed by atoms with Gasteiger partial charge in [-0.3, -0.25) is 14.2 Å². The molecule has 142 valence electrons. The summed E-state index contributed by atoms with van der Waals surface area (Å²) in [5.41, 5.74) is 2.42. The Morgan fingerprint density at radius 3 is 2.82 bits per heavy atom. The quantitative estimate of drug-likeness (QED) is 0.581. The van der Waals surface area contributed by atoms with E-state index in [-0.39, 0.29) is 11.5 Å². The van der Waals surface area contributed by atoms with Crippen molar-refractivity contribution in [3.63, 3.8) is 0 Å². The Morgan fingerprint density at radius 2 is 2.00 bits per heavy atom. The van der Waals surface area contributed by atoms with Crippen LogP contribution in [-0.4, -0.2) is 27.0 Å². The zero-order chi connectivity index (χ0) is 19.7. The molecule has 1 aromatic carbocycles. The van der Waals surface area contributed by atoms with Crippen LogP contribution in [-0.2, 0) is 11.3 Å². The van der Waals surface area contributed by atoms with Gasteiger partial charge in [0.15, 0.2) is 5.65 Å². The van der Waals surface area contributed by atoms with Crippen LogP contribution in [0.5, 0.6) is 5.75 Å². The third-order valence-corrected chi connectivity index (χ3v) is 4.81. The summed E-state index contributed by atoms with van der Waals surface area (Å²) >= 11 is 0. The van der Waals surface area contributed by atoms with Crippen LogP contribution in [0.1, 0.15) is 18.5 Å². The lowest BCUT2D eigenvalue weighted by molar-refractivity contribution is -0.124. The fourth-order valence-electron chi connectivity index (χ4n) is 3.34. The van der Waals surface area contributed by atoms with Crippen LogP contribution in [0.3, 0.4) is 0 Å². The molecule has 4 rings (SSSR count). The highest BCUT2D eigenvalue weighted by Gasteiger charge is 2.21. The maximum Gasteiger partial charge on any atom is 0.277 e. The van der Waals surface area contributed by atoms with Crippen LogP contribution in [0.15, 0.2) is 65.7 Å². The lowest BCUT2D eigenvalue weighted by atomic mass is 10.2. The number of nitrogens with one attached hydrogen (secondary N) is 1. The van der Waals surface area contributed by atoms with Gasteiger partial charge in [-0.05, 0) is 48.9 Å². The van der Waals surface area contributed by atoms with Crippen molar-refractivity contribution in [3.05, 3.63) is 76.8 Å². The summed E-state index contributed by atoms with van der Waals surface area (Å²) in [6.07, 6.45) is 3.44. The second-order valence-electron chi connectivity index (χ2n) is 6.53. The molecule has 0 spiro atoms. The summed E-state index contributed by atoms with van der Waals surface area (Å²) in [6, 6.07) is 14.0. The van der Waals surface area contributed by atoms with E-state index in [1.54, 1.807) is 36.8 Å². The SMILES string of the molecule is COc1cccc(CNC(=O)C(C)n2c(=O)c3cccn3c3cccnc32)c1. The molecule has 3 aromatic heterocycles. The first-order chi connectivity index (χ1) is 13.6. The molecule has 3 heterocycles. The number of aromatic nitrogens is 3. The van der Waals surface area contributed by atoms with Crippen molar-refractivity contribution < 1.29 is 9.53 Å². The van der Waals surface area contributed by atoms with E-state index < -0.39 is 6.04 Å². The number of ether oxygens (including phenoxy) is 1. The third kappa shape index (κ3) is 3.00. The second kappa shape index (κ2) is 7.19. The Kier molecular flexibility index (Phi) is 4.57. The molecule has 0 saturated heterocycles. The molecule has 1 N–H and O–H groups in total. The molecule has 0 saturated carbocycles. The number of carbonyl (C=O) groups is 1. The van der Waals surface area contributed by atoms with E-state index in [0.29, 0.717) is 17.7 Å². The monoisotopic (exact) mass is 376 g/mol. The van der Waals surface area contributed by atoms with E-state index in [4.69, 9.17) is 4.74 Å². The molecular formula is C21H20N4O3. The topological polar surface area (TPSA) is 77.6 Å². The van der Waals surface area contributed by atoms with Crippen LogP contribution >= 0.6 is 0 Å². The Balaban J connectivity index is 1.67. The Bertz CT molecular complexity index is 1230. The fraction of sp³-hybridized carbons (Fsp3) is 0.190. The molecule has 0 fully saturated rings. The summed E-state index contributed by atoms with van der Waals surface area (Å²) in [5, 5.41) is 2.89. The number of hydrogen-bond donors (Lipinski definition) is 1. The Labute approximate surface area is 161 Å². The molecule has 1 amide bonds. The lowest BCUT2D eigenvalue weighted by Gasteiger charge is -2.18. The average Bonchev–Trinajstić information content (AvgIpc) is 3.23. The van der Waals surface area contributed by atoms with Crippen LogP contribution in [0.4, 0.5) is 0 Å². The molecule has 0 aliphatic carbocycles. The number of methoxy groups -OCH3 is 1. The minimum Gasteiger partial charge on any atom is -0.497 e. The highest BCUT2D eigenvalue weighted by atomic mass is 16.5. The van der Waals surface area contributed by atoms with Crippen LogP contribution in [0.2, 0.25) is 0 Å². The van der Waals surface area contributed by atoms with Gasteiger partial charge >= 0.3 is 0 Å². The normalized spacial score (nSPS) is 12.2. The number of rotatable bonds is 5. The predicted octanol–water partition coefficient (Wildman–Crippen LogP) is 2.54. The zero-order valence-electron chi connectivity index (χ0n) is 15.6. The third-order valence-electron chi connectivity index (χ3n) is 4.81. The number of amides is 1. The molecule has 1 unspecified atom stereocenters. The van der Waals surface area contributed by atoms with Gasteiger partial charge in [0.1, 0.15) is 17.3 Å². The van der Waals surface area contributed by atoms with Crippen molar-refractivity contribution in [2.45, 2.75) is 19.5 Å². The maximum absolute atomic E-state index is 13.0. The molecule has 4 aromatic rings. The fourth-order valence-corrected chi connectivity index (χ4v) is 3.34. The lowest BCUT2D eigenvalue weighted by Crippen LogP contribution is -2.36. The largest absolute Gasteiger partial charge is 0.497 e. The molecule has 0 bridgehead atoms. The van der Waals surface area contributed by atoms with Gasteiger partial charge in [-0.15, -0.1) is 0 Å². The van der Waals surface area contributed by atoms with Gasteiger partial charge in [0.2, 0.25) is 5.91 Å². The number of hydrogen-bond acceptors (Lipinski definition) is 4. The highest BCUT2D eigenvalue weighted by Crippen LogP contribution is 2.17. The summed E-state index contributed by atoms with van der Waals surface area (Å²) < 4.78 is 8.45. The summed E-state index contributed by atoms with van der Waals surface area (Å²) in [6.45, 7) is 2.05. The van der Waals surface area contributed by atoms with E-state index >= 15 is 0 Å². The first-order valence-electron chi connectivity index (χ1n) is 8.97. The van der Waals surface area contributed by atoms with Crippen molar-refractivity contribution in [2.24, 2.45) is 0 Å². The number of carbonyl (C=O) groups excluding carboxylic acids is 1. The van der Waals surface area contributed by atoms with E-state index in [2.05, 4.69) is 10.3 Å². The predicted molar refractivity (Wildman–Crippen MR) is 107 cm³/mol. The number of benzene rings is 1. The van der Waals surface area contributed by atoms with Crippen LogP contribution in [0, 0.1) is 0 Å². The smallest absolute Gasteiger partial charge is 0.277 e. The molecule has 1 atom stereocenters. The molecule has 7 heteroatoms. The highest BCUT2D eigenvalue weighted by molar-refractivity contribution is 5.83. The summed E-state index contributed by atoms with van der Waals surface area (Å²) in [5.74, 6) is 0.470. The van der Waals surface area contributed by atoms with Gasteiger partial charge in [-0.2, -0.15) is 0 Å². The minimum absolute atomic E-state index is 0.250. The van der Waals surface area contributed by atoms with Crippen molar-refractivity contribution in [3.8, 4) is 5.75 Å². The zero-order valence-corrected chi connectivity index (χ0v) is 15.6. The number of fused-ring (bicyclic) bond motifs is 3. The molecule has 0 aliphatic heterocycles. The van der Waals surface area contributed by atoms with Gasteiger partial charge in [0, 0.05) is 18.9 Å². The van der Waals surface area contributed by atoms with Gasteiger partial charge in [-0.25, -0.2) is 4.98 Å². The standard InChI is InChI=1S/C21H20N4O3/c1-14(20(26)23-13-15-6-3-7-16(12-15)28-2)25-19-17(8-4-10-22-19)24-11-5-9-18(24)21(25)27/h3-12,14H,13H2,1-2H3,(H,23,26). The van der Waals surface area contributed by atoms with Crippen LogP contribution < -0.4 is 15.6 Å². The van der Waals surface area contributed by atoms with E-state index in [1.807, 2.05) is 42.6 Å². The van der Waals surface area contributed by atoms with Crippen LogP contribution in [0.25, 0.3) is 16.7 Å². The Hall–Kier alpha value is -3.61. The van der Waals surface area contributed by atoms with Gasteiger partial charge < -0.3 is 14.5 Å². The van der Waals surface area contributed by atoms with Crippen molar-refractivity contribution in [2.75, 3.05) is 7.11 Å². The molecule has 7 nitrogen and oxygen atoms in total. The second-order valence-corrected chi connectivity index (χ2v) is 6.53. The summed E-state index contributed by atoms with van der Waals surface area (Å²) in [4.78, 5) is 30.2. The molecule has 0 radical (unpaired) electrons. The maximum atomic E-state index is 13.0. The van der Waals surface area contributed by atoms with Crippen molar-refractivity contribution in [1.82, 2.24) is 19.3 Å². The molecule has 0 aliphatic rings. The Morgan fingerprint density at radius 1 is 1.18 bits per heavy atom. The summed E-state index contributed by atoms with van der Waals surface area (Å²) in [7, 11) is 1.60. The van der Waals surface area contributed by atoms with Gasteiger partial charge in [-0.1, -0.05) is 12.1 Å². The first kappa shape index (κ1) is 17.8. The number of pyridine rings is 1. The minimum atomic E-state index is -0.713. The first-order valence-corrected chi connectivity index (χ1v) is 8.97. The van der Waals surface area contributed by atoms with E-state index in [1.165, 1.54) is 4.57 Å². The van der Waals surface area contributed by atoms with Crippen molar-refractivity contribution in [1.29, 1.82) is 0 Å².